The molecule has 5 nitrogen and oxygen atoms in total. The molecule has 0 saturated carbocycles. The fourth-order valence-corrected chi connectivity index (χ4v) is 2.06. The topological polar surface area (TPSA) is 69.6 Å². The van der Waals surface area contributed by atoms with Crippen LogP contribution in [0.5, 0.6) is 0 Å². The summed E-state index contributed by atoms with van der Waals surface area (Å²) in [4.78, 5) is 23.8. The minimum absolute atomic E-state index is 0.249. The van der Waals surface area contributed by atoms with Gasteiger partial charge in [0.25, 0.3) is 0 Å². The highest BCUT2D eigenvalue weighted by molar-refractivity contribution is 5.92. The molecule has 1 heterocycles. The molecule has 0 spiro atoms. The fraction of sp³-hybridized carbons (Fsp3) is 0.333. The molecule has 0 bridgehead atoms. The van der Waals surface area contributed by atoms with Gasteiger partial charge in [0, 0.05) is 6.54 Å². The van der Waals surface area contributed by atoms with Gasteiger partial charge < -0.3 is 15.3 Å². The van der Waals surface area contributed by atoms with E-state index in [4.69, 9.17) is 5.11 Å². The van der Waals surface area contributed by atoms with Crippen LogP contribution in [0.3, 0.4) is 0 Å². The smallest absolute Gasteiger partial charge is 0.326 e. The summed E-state index contributed by atoms with van der Waals surface area (Å²) in [7, 11) is 0. The van der Waals surface area contributed by atoms with E-state index in [1.165, 1.54) is 6.07 Å². The van der Waals surface area contributed by atoms with E-state index in [2.05, 4.69) is 5.32 Å². The van der Waals surface area contributed by atoms with Gasteiger partial charge in [-0.25, -0.2) is 18.4 Å². The summed E-state index contributed by atoms with van der Waals surface area (Å²) in [5.74, 6) is -2.93. The second-order valence-electron chi connectivity index (χ2n) is 4.22. The summed E-state index contributed by atoms with van der Waals surface area (Å²) in [6.45, 7) is 0.249. The van der Waals surface area contributed by atoms with E-state index in [1.807, 2.05) is 0 Å². The summed E-state index contributed by atoms with van der Waals surface area (Å²) in [5, 5.41) is 11.0. The van der Waals surface area contributed by atoms with Crippen LogP contribution in [0, 0.1) is 11.6 Å². The van der Waals surface area contributed by atoms with Crippen molar-refractivity contribution in [1.82, 2.24) is 4.90 Å². The maximum Gasteiger partial charge on any atom is 0.326 e. The zero-order valence-corrected chi connectivity index (χ0v) is 9.90. The number of likely N-dealkylation sites (tertiary alicyclic amines) is 1. The average molecular weight is 270 g/mol. The molecular formula is C12H12F2N2O3. The molecule has 2 amide bonds. The summed E-state index contributed by atoms with van der Waals surface area (Å²) in [6, 6.07) is 1.44. The maximum atomic E-state index is 13.4. The normalized spacial score (nSPS) is 18.4. The van der Waals surface area contributed by atoms with Crippen molar-refractivity contribution < 1.29 is 23.5 Å². The number of nitrogens with one attached hydrogen (secondary N) is 1. The minimum atomic E-state index is -1.12. The molecule has 1 aromatic rings. The van der Waals surface area contributed by atoms with Crippen molar-refractivity contribution >= 4 is 17.7 Å². The Morgan fingerprint density at radius 1 is 1.32 bits per heavy atom. The molecule has 7 heteroatoms. The number of urea groups is 1. The van der Waals surface area contributed by atoms with Gasteiger partial charge in [-0.2, -0.15) is 0 Å². The zero-order valence-electron chi connectivity index (χ0n) is 9.90. The van der Waals surface area contributed by atoms with Crippen LogP contribution in [-0.4, -0.2) is 34.6 Å². The van der Waals surface area contributed by atoms with E-state index in [0.717, 1.165) is 17.0 Å². The van der Waals surface area contributed by atoms with Crippen LogP contribution in [0.1, 0.15) is 12.8 Å². The molecule has 1 aliphatic rings. The Hall–Kier alpha value is -2.18. The molecule has 1 atom stereocenters. The number of halogens is 2. The molecule has 0 aromatic heterocycles. The lowest BCUT2D eigenvalue weighted by atomic mass is 10.2. The Bertz CT molecular complexity index is 501. The van der Waals surface area contributed by atoms with Crippen LogP contribution >= 0.6 is 0 Å². The average Bonchev–Trinajstić information content (AvgIpc) is 2.83. The Balaban J connectivity index is 2.15. The van der Waals surface area contributed by atoms with Crippen LogP contribution in [-0.2, 0) is 4.79 Å². The van der Waals surface area contributed by atoms with Crippen molar-refractivity contribution in [3.8, 4) is 0 Å². The quantitative estimate of drug-likeness (QED) is 0.864. The predicted octanol–water partition coefficient (Wildman–Crippen LogP) is 2.05. The van der Waals surface area contributed by atoms with Gasteiger partial charge in [-0.15, -0.1) is 0 Å². The van der Waals surface area contributed by atoms with Gasteiger partial charge in [0.15, 0.2) is 0 Å². The molecule has 102 valence electrons. The van der Waals surface area contributed by atoms with Gasteiger partial charge in [0.05, 0.1) is 0 Å². The molecule has 2 N–H and O–H groups in total. The first-order valence-corrected chi connectivity index (χ1v) is 5.75. The van der Waals surface area contributed by atoms with E-state index < -0.39 is 35.4 Å². The number of carboxylic acid groups (broad SMARTS) is 1. The highest BCUT2D eigenvalue weighted by Crippen LogP contribution is 2.22. The third-order valence-electron chi connectivity index (χ3n) is 2.99. The standard InChI is InChI=1S/C12H12F2N2O3/c13-7-3-1-4-8(14)10(7)15-12(19)16-6-2-5-9(16)11(17)18/h1,3-4,9H,2,5-6H2,(H,15,19)(H,17,18)/t9-/m1/s1. The van der Waals surface area contributed by atoms with Crippen molar-refractivity contribution in [3.63, 3.8) is 0 Å². The molecule has 1 aromatic carbocycles. The monoisotopic (exact) mass is 270 g/mol. The zero-order chi connectivity index (χ0) is 14.0. The first-order valence-electron chi connectivity index (χ1n) is 5.75. The lowest BCUT2D eigenvalue weighted by molar-refractivity contribution is -0.141. The van der Waals surface area contributed by atoms with Crippen molar-refractivity contribution in [2.24, 2.45) is 0 Å². The van der Waals surface area contributed by atoms with Crippen LogP contribution < -0.4 is 5.32 Å². The molecular weight excluding hydrogens is 258 g/mol. The summed E-state index contributed by atoms with van der Waals surface area (Å²) in [5.41, 5.74) is -0.566. The fourth-order valence-electron chi connectivity index (χ4n) is 2.06. The number of hydrogen-bond donors (Lipinski definition) is 2. The van der Waals surface area contributed by atoms with Gasteiger partial charge in [-0.1, -0.05) is 6.07 Å². The summed E-state index contributed by atoms with van der Waals surface area (Å²) < 4.78 is 26.7. The van der Waals surface area contributed by atoms with Gasteiger partial charge in [0.1, 0.15) is 23.4 Å². The van der Waals surface area contributed by atoms with Crippen molar-refractivity contribution in [1.29, 1.82) is 0 Å². The number of carbonyl (C=O) groups excluding carboxylic acids is 1. The maximum absolute atomic E-state index is 13.4. The number of rotatable bonds is 2. The van der Waals surface area contributed by atoms with E-state index in [9.17, 15) is 18.4 Å². The number of nitrogens with zero attached hydrogens (tertiary/aromatic N) is 1. The molecule has 0 aliphatic carbocycles. The lowest BCUT2D eigenvalue weighted by Gasteiger charge is -2.22. The summed E-state index contributed by atoms with van der Waals surface area (Å²) >= 11 is 0. The second kappa shape index (κ2) is 5.21. The number of carbonyl (C=O) groups is 2. The van der Waals surface area contributed by atoms with E-state index in [-0.39, 0.29) is 6.54 Å². The Labute approximate surface area is 107 Å². The lowest BCUT2D eigenvalue weighted by Crippen LogP contribution is -2.43. The number of para-hydroxylation sites is 1. The van der Waals surface area contributed by atoms with E-state index >= 15 is 0 Å². The molecule has 1 aliphatic heterocycles. The minimum Gasteiger partial charge on any atom is -0.480 e. The number of hydrogen-bond acceptors (Lipinski definition) is 2. The summed E-state index contributed by atoms with van der Waals surface area (Å²) in [6.07, 6.45) is 0.882. The first-order chi connectivity index (χ1) is 9.00. The molecule has 0 radical (unpaired) electrons. The largest absolute Gasteiger partial charge is 0.480 e. The van der Waals surface area contributed by atoms with Crippen molar-refractivity contribution in [3.05, 3.63) is 29.8 Å². The van der Waals surface area contributed by atoms with Gasteiger partial charge in [-0.3, -0.25) is 0 Å². The van der Waals surface area contributed by atoms with Crippen LogP contribution in [0.2, 0.25) is 0 Å². The van der Waals surface area contributed by atoms with E-state index in [1.54, 1.807) is 0 Å². The predicted molar refractivity (Wildman–Crippen MR) is 62.7 cm³/mol. The van der Waals surface area contributed by atoms with Crippen LogP contribution in [0.25, 0.3) is 0 Å². The first kappa shape index (κ1) is 13.3. The number of anilines is 1. The van der Waals surface area contributed by atoms with E-state index in [0.29, 0.717) is 12.8 Å². The van der Waals surface area contributed by atoms with Gasteiger partial charge in [0.2, 0.25) is 0 Å². The molecule has 0 unspecified atom stereocenters. The molecule has 1 saturated heterocycles. The van der Waals surface area contributed by atoms with Gasteiger partial charge >= 0.3 is 12.0 Å². The highest BCUT2D eigenvalue weighted by atomic mass is 19.1. The van der Waals surface area contributed by atoms with Crippen LogP contribution in [0.15, 0.2) is 18.2 Å². The van der Waals surface area contributed by atoms with Gasteiger partial charge in [-0.05, 0) is 25.0 Å². The molecule has 1 fully saturated rings. The second-order valence-corrected chi connectivity index (χ2v) is 4.22. The van der Waals surface area contributed by atoms with Crippen molar-refractivity contribution in [2.45, 2.75) is 18.9 Å². The number of aliphatic carboxylic acids is 1. The molecule has 2 rings (SSSR count). The highest BCUT2D eigenvalue weighted by Gasteiger charge is 2.34. The number of benzene rings is 1. The van der Waals surface area contributed by atoms with Crippen molar-refractivity contribution in [2.75, 3.05) is 11.9 Å². The number of carboxylic acids is 1. The Morgan fingerprint density at radius 3 is 2.53 bits per heavy atom. The number of amides is 2. The SMILES string of the molecule is O=C(O)[C@H]1CCCN1C(=O)Nc1c(F)cccc1F. The Kier molecular flexibility index (Phi) is 3.64. The third-order valence-corrected chi connectivity index (χ3v) is 2.99. The Morgan fingerprint density at radius 2 is 1.95 bits per heavy atom. The van der Waals surface area contributed by atoms with Crippen LogP contribution in [0.4, 0.5) is 19.3 Å². The molecule has 19 heavy (non-hydrogen) atoms. The third kappa shape index (κ3) is 2.64.